The molecule has 0 aliphatic heterocycles. The molecule has 1 aromatic heterocycles. The standard InChI is InChI=1S/C14H14N2O3S/c17-14(18)10-19-12-4-1-5-13(7-12)20-16-9-11-3-2-6-15-8-11/h1-8,16H,9-10H2,(H,17,18). The van der Waals surface area contributed by atoms with Gasteiger partial charge in [-0.1, -0.05) is 12.1 Å². The van der Waals surface area contributed by atoms with Crippen LogP contribution in [0.5, 0.6) is 5.75 Å². The molecule has 0 aliphatic carbocycles. The largest absolute Gasteiger partial charge is 0.482 e. The molecule has 1 heterocycles. The first-order valence-electron chi connectivity index (χ1n) is 5.97. The van der Waals surface area contributed by atoms with Gasteiger partial charge < -0.3 is 9.84 Å². The molecule has 0 radical (unpaired) electrons. The van der Waals surface area contributed by atoms with E-state index >= 15 is 0 Å². The van der Waals surface area contributed by atoms with E-state index in [4.69, 9.17) is 9.84 Å². The van der Waals surface area contributed by atoms with Gasteiger partial charge in [0.2, 0.25) is 0 Å². The summed E-state index contributed by atoms with van der Waals surface area (Å²) in [5, 5.41) is 8.56. The molecule has 0 aliphatic rings. The SMILES string of the molecule is O=C(O)COc1cccc(SNCc2cccnc2)c1. The van der Waals surface area contributed by atoms with Crippen LogP contribution in [0.2, 0.25) is 0 Å². The van der Waals surface area contributed by atoms with E-state index in [1.807, 2.05) is 24.3 Å². The summed E-state index contributed by atoms with van der Waals surface area (Å²) in [5.41, 5.74) is 1.10. The topological polar surface area (TPSA) is 71.5 Å². The predicted molar refractivity (Wildman–Crippen MR) is 76.5 cm³/mol. The number of carboxylic acids is 1. The maximum Gasteiger partial charge on any atom is 0.341 e. The van der Waals surface area contributed by atoms with Crippen LogP contribution in [0.3, 0.4) is 0 Å². The average molecular weight is 290 g/mol. The summed E-state index contributed by atoms with van der Waals surface area (Å²) in [6, 6.07) is 11.2. The molecule has 0 bridgehead atoms. The first-order valence-corrected chi connectivity index (χ1v) is 6.79. The summed E-state index contributed by atoms with van der Waals surface area (Å²) in [5.74, 6) is -0.446. The van der Waals surface area contributed by atoms with Crippen molar-refractivity contribution in [2.45, 2.75) is 11.4 Å². The third-order valence-electron chi connectivity index (χ3n) is 2.36. The minimum Gasteiger partial charge on any atom is -0.482 e. The van der Waals surface area contributed by atoms with Crippen molar-refractivity contribution in [2.75, 3.05) is 6.61 Å². The van der Waals surface area contributed by atoms with Gasteiger partial charge in [-0.15, -0.1) is 0 Å². The van der Waals surface area contributed by atoms with Crippen molar-refractivity contribution in [3.8, 4) is 5.75 Å². The van der Waals surface area contributed by atoms with Gasteiger partial charge in [0.15, 0.2) is 6.61 Å². The second-order valence-corrected chi connectivity index (χ2v) is 4.91. The van der Waals surface area contributed by atoms with Crippen molar-refractivity contribution in [1.29, 1.82) is 0 Å². The van der Waals surface area contributed by atoms with E-state index in [1.54, 1.807) is 24.5 Å². The van der Waals surface area contributed by atoms with Gasteiger partial charge in [0, 0.05) is 23.8 Å². The molecule has 0 amide bonds. The number of ether oxygens (including phenoxy) is 1. The van der Waals surface area contributed by atoms with Crippen LogP contribution < -0.4 is 9.46 Å². The Bertz CT molecular complexity index is 563. The average Bonchev–Trinajstić information content (AvgIpc) is 2.47. The van der Waals surface area contributed by atoms with Crippen LogP contribution in [0.15, 0.2) is 53.7 Å². The summed E-state index contributed by atoms with van der Waals surface area (Å²) in [6.45, 7) is 0.357. The molecule has 2 aromatic rings. The van der Waals surface area contributed by atoms with E-state index in [-0.39, 0.29) is 6.61 Å². The van der Waals surface area contributed by atoms with Gasteiger partial charge in [-0.3, -0.25) is 9.71 Å². The fourth-order valence-electron chi connectivity index (χ4n) is 1.48. The van der Waals surface area contributed by atoms with E-state index in [2.05, 4.69) is 9.71 Å². The Labute approximate surface area is 121 Å². The maximum atomic E-state index is 10.4. The Morgan fingerprint density at radius 2 is 2.25 bits per heavy atom. The molecular formula is C14H14N2O3S. The molecule has 104 valence electrons. The highest BCUT2D eigenvalue weighted by Gasteiger charge is 2.01. The molecule has 0 unspecified atom stereocenters. The van der Waals surface area contributed by atoms with Crippen molar-refractivity contribution < 1.29 is 14.6 Å². The normalized spacial score (nSPS) is 10.2. The van der Waals surface area contributed by atoms with Gasteiger partial charge in [0.05, 0.1) is 0 Å². The fraction of sp³-hybridized carbons (Fsp3) is 0.143. The van der Waals surface area contributed by atoms with Gasteiger partial charge in [0.25, 0.3) is 0 Å². The smallest absolute Gasteiger partial charge is 0.341 e. The number of nitrogens with zero attached hydrogens (tertiary/aromatic N) is 1. The molecule has 0 fully saturated rings. The summed E-state index contributed by atoms with van der Waals surface area (Å²) in [6.07, 6.45) is 3.54. The fourth-order valence-corrected chi connectivity index (χ4v) is 2.21. The van der Waals surface area contributed by atoms with Crippen molar-refractivity contribution in [3.63, 3.8) is 0 Å². The maximum absolute atomic E-state index is 10.4. The summed E-state index contributed by atoms with van der Waals surface area (Å²) in [7, 11) is 0. The molecule has 0 saturated carbocycles. The van der Waals surface area contributed by atoms with Crippen LogP contribution in [-0.2, 0) is 11.3 Å². The molecular weight excluding hydrogens is 276 g/mol. The number of carbonyl (C=O) groups is 1. The summed E-state index contributed by atoms with van der Waals surface area (Å²) in [4.78, 5) is 15.4. The molecule has 2 rings (SSSR count). The number of nitrogens with one attached hydrogen (secondary N) is 1. The van der Waals surface area contributed by atoms with E-state index in [0.717, 1.165) is 10.5 Å². The zero-order valence-corrected chi connectivity index (χ0v) is 11.5. The highest BCUT2D eigenvalue weighted by molar-refractivity contribution is 7.97. The highest BCUT2D eigenvalue weighted by atomic mass is 32.2. The van der Waals surface area contributed by atoms with Crippen molar-refractivity contribution in [2.24, 2.45) is 0 Å². The van der Waals surface area contributed by atoms with E-state index in [0.29, 0.717) is 12.3 Å². The minimum absolute atomic E-state index is 0.336. The van der Waals surface area contributed by atoms with E-state index in [9.17, 15) is 4.79 Å². The third kappa shape index (κ3) is 4.91. The number of pyridine rings is 1. The second-order valence-electron chi connectivity index (χ2n) is 3.94. The quantitative estimate of drug-likeness (QED) is 0.763. The monoisotopic (exact) mass is 290 g/mol. The Morgan fingerprint density at radius 3 is 3.00 bits per heavy atom. The Morgan fingerprint density at radius 1 is 1.35 bits per heavy atom. The number of hydrogen-bond donors (Lipinski definition) is 2. The lowest BCUT2D eigenvalue weighted by molar-refractivity contribution is -0.139. The summed E-state index contributed by atoms with van der Waals surface area (Å²) < 4.78 is 8.34. The number of hydrogen-bond acceptors (Lipinski definition) is 5. The molecule has 6 heteroatoms. The van der Waals surface area contributed by atoms with E-state index in [1.165, 1.54) is 11.9 Å². The van der Waals surface area contributed by atoms with Crippen molar-refractivity contribution >= 4 is 17.9 Å². The van der Waals surface area contributed by atoms with Gasteiger partial charge >= 0.3 is 5.97 Å². The van der Waals surface area contributed by atoms with Crippen molar-refractivity contribution in [3.05, 3.63) is 54.4 Å². The summed E-state index contributed by atoms with van der Waals surface area (Å²) >= 11 is 1.46. The lowest BCUT2D eigenvalue weighted by atomic mass is 10.3. The first-order chi connectivity index (χ1) is 9.74. The lowest BCUT2D eigenvalue weighted by Crippen LogP contribution is -2.09. The van der Waals surface area contributed by atoms with Gasteiger partial charge in [0.1, 0.15) is 5.75 Å². The van der Waals surface area contributed by atoms with E-state index < -0.39 is 5.97 Å². The van der Waals surface area contributed by atoms with Gasteiger partial charge in [-0.25, -0.2) is 4.79 Å². The Hall–Kier alpha value is -2.05. The van der Waals surface area contributed by atoms with Crippen LogP contribution >= 0.6 is 11.9 Å². The highest BCUT2D eigenvalue weighted by Crippen LogP contribution is 2.21. The van der Waals surface area contributed by atoms with Crippen LogP contribution in [-0.4, -0.2) is 22.7 Å². The third-order valence-corrected chi connectivity index (χ3v) is 3.14. The molecule has 1 aromatic carbocycles. The molecule has 0 saturated heterocycles. The molecule has 20 heavy (non-hydrogen) atoms. The number of carboxylic acid groups (broad SMARTS) is 1. The zero-order chi connectivity index (χ0) is 14.2. The number of aromatic nitrogens is 1. The van der Waals surface area contributed by atoms with Gasteiger partial charge in [-0.05, 0) is 41.8 Å². The van der Waals surface area contributed by atoms with Crippen LogP contribution in [0.25, 0.3) is 0 Å². The van der Waals surface area contributed by atoms with Crippen molar-refractivity contribution in [1.82, 2.24) is 9.71 Å². The predicted octanol–water partition coefficient (Wildman–Crippen LogP) is 2.34. The zero-order valence-electron chi connectivity index (χ0n) is 10.7. The van der Waals surface area contributed by atoms with Crippen LogP contribution in [0.1, 0.15) is 5.56 Å². The molecule has 2 N–H and O–H groups in total. The number of aliphatic carboxylic acids is 1. The van der Waals surface area contributed by atoms with Gasteiger partial charge in [-0.2, -0.15) is 0 Å². The second kappa shape index (κ2) is 7.52. The number of benzene rings is 1. The Balaban J connectivity index is 1.83. The first kappa shape index (κ1) is 14.4. The number of rotatable bonds is 7. The van der Waals surface area contributed by atoms with Crippen LogP contribution in [0, 0.1) is 0 Å². The molecule has 5 nitrogen and oxygen atoms in total. The van der Waals surface area contributed by atoms with Crippen LogP contribution in [0.4, 0.5) is 0 Å². The Kier molecular flexibility index (Phi) is 5.40. The minimum atomic E-state index is -0.988. The lowest BCUT2D eigenvalue weighted by Gasteiger charge is -2.07. The molecule has 0 spiro atoms. The molecule has 0 atom stereocenters.